The Morgan fingerprint density at radius 1 is 0.912 bits per heavy atom. The Morgan fingerprint density at radius 2 is 1.50 bits per heavy atom. The Balaban J connectivity index is 0.000000310. The second kappa shape index (κ2) is 12.7. The second-order valence-corrected chi connectivity index (χ2v) is 8.74. The van der Waals surface area contributed by atoms with Crippen molar-refractivity contribution in [3.8, 4) is 0 Å². The third-order valence-electron chi connectivity index (χ3n) is 5.38. The number of hydrogen-bond donors (Lipinski definition) is 10. The maximum Gasteiger partial charge on any atom is 0.542 e. The minimum atomic E-state index is -2.53. The average molecular weight is 513 g/mol. The van der Waals surface area contributed by atoms with E-state index in [1.807, 2.05) is 0 Å². The van der Waals surface area contributed by atoms with E-state index in [4.69, 9.17) is 34.4 Å². The molecule has 2 fully saturated rings. The van der Waals surface area contributed by atoms with Crippen molar-refractivity contribution in [1.29, 1.82) is 0 Å². The summed E-state index contributed by atoms with van der Waals surface area (Å²) in [6.45, 7) is -2.32. The van der Waals surface area contributed by atoms with Crippen LogP contribution in [-0.4, -0.2) is 125 Å². The van der Waals surface area contributed by atoms with E-state index in [1.165, 1.54) is 0 Å². The molecule has 10 N–H and O–H groups in total. The summed E-state index contributed by atoms with van der Waals surface area (Å²) >= 11 is 0. The molecule has 34 heavy (non-hydrogen) atoms. The summed E-state index contributed by atoms with van der Waals surface area (Å²) < 4.78 is 25.8. The highest BCUT2D eigenvalue weighted by Crippen LogP contribution is 2.36. The van der Waals surface area contributed by atoms with Gasteiger partial charge in [0.05, 0.1) is 13.2 Å². The minimum Gasteiger partial charge on any atom is -0.394 e. The lowest BCUT2D eigenvalue weighted by Gasteiger charge is -2.43. The van der Waals surface area contributed by atoms with Crippen molar-refractivity contribution in [2.75, 3.05) is 19.8 Å². The Bertz CT molecular complexity index is 769. The molecule has 1 aromatic carbocycles. The van der Waals surface area contributed by atoms with E-state index in [1.54, 1.807) is 30.3 Å². The topological polar surface area (TPSA) is 247 Å². The van der Waals surface area contributed by atoms with Crippen LogP contribution in [0.25, 0.3) is 0 Å². The van der Waals surface area contributed by atoms with Gasteiger partial charge >= 0.3 is 13.9 Å². The van der Waals surface area contributed by atoms with E-state index < -0.39 is 88.5 Å². The minimum absolute atomic E-state index is 0.469. The molecule has 2 aliphatic rings. The maximum absolute atomic E-state index is 10.4. The van der Waals surface area contributed by atoms with E-state index in [2.05, 4.69) is 0 Å². The maximum atomic E-state index is 10.4. The molecule has 14 nitrogen and oxygen atoms in total. The largest absolute Gasteiger partial charge is 0.542 e. The van der Waals surface area contributed by atoms with Crippen LogP contribution in [0.5, 0.6) is 0 Å². The fourth-order valence-electron chi connectivity index (χ4n) is 3.38. The van der Waals surface area contributed by atoms with Gasteiger partial charge in [0.1, 0.15) is 49.3 Å². The molecule has 11 atom stereocenters. The predicted octanol–water partition coefficient (Wildman–Crippen LogP) is -3.98. The summed E-state index contributed by atoms with van der Waals surface area (Å²) in [6.07, 6.45) is -12.7. The van der Waals surface area contributed by atoms with Crippen LogP contribution in [0, 0.1) is 0 Å². The summed E-state index contributed by atoms with van der Waals surface area (Å²) in [5.41, 5.74) is 0.469. The molecule has 3 rings (SSSR count). The fourth-order valence-corrected chi connectivity index (χ4v) is 3.81. The van der Waals surface area contributed by atoms with Crippen molar-refractivity contribution in [3.63, 3.8) is 0 Å². The summed E-state index contributed by atoms with van der Waals surface area (Å²) in [5.74, 6) is -3.48. The van der Waals surface area contributed by atoms with Gasteiger partial charge in [-0.25, -0.2) is 0 Å². The highest BCUT2D eigenvalue weighted by molar-refractivity contribution is 7.38. The molecule has 2 unspecified atom stereocenters. The van der Waals surface area contributed by atoms with Gasteiger partial charge in [0.2, 0.25) is 5.79 Å². The van der Waals surface area contributed by atoms with Crippen LogP contribution in [0.2, 0.25) is 0 Å². The van der Waals surface area contributed by atoms with E-state index in [-0.39, 0.29) is 0 Å². The van der Waals surface area contributed by atoms with E-state index in [9.17, 15) is 35.2 Å². The Morgan fingerprint density at radius 3 is 1.97 bits per heavy atom. The smallest absolute Gasteiger partial charge is 0.394 e. The number of aliphatic hydroxyl groups excluding tert-OH is 9. The number of ether oxygens (including phenoxy) is 3. The average Bonchev–Trinajstić information content (AvgIpc) is 3.09. The molecule has 0 saturated carbocycles. The van der Waals surface area contributed by atoms with Crippen molar-refractivity contribution < 1.29 is 69.6 Å². The zero-order valence-corrected chi connectivity index (χ0v) is 18.7. The van der Waals surface area contributed by atoms with Gasteiger partial charge in [-0.2, -0.15) is 4.89 Å². The van der Waals surface area contributed by atoms with Crippen LogP contribution in [0.1, 0.15) is 11.4 Å². The van der Waals surface area contributed by atoms with Crippen molar-refractivity contribution in [2.24, 2.45) is 0 Å². The first-order chi connectivity index (χ1) is 16.0. The molecule has 194 valence electrons. The Hall–Kier alpha value is -1.20. The van der Waals surface area contributed by atoms with Crippen molar-refractivity contribution >= 4 is 8.03 Å². The summed E-state index contributed by atoms with van der Waals surface area (Å²) in [4.78, 5) is 8.53. The van der Waals surface area contributed by atoms with Crippen LogP contribution in [-0.2, 0) is 18.8 Å². The third kappa shape index (κ3) is 6.32. The van der Waals surface area contributed by atoms with Gasteiger partial charge < -0.3 is 60.2 Å². The molecule has 2 heterocycles. The molecule has 2 saturated heterocycles. The number of rotatable bonds is 7. The molecule has 1 aromatic rings. The lowest BCUT2D eigenvalue weighted by molar-refractivity contribution is -0.383. The molecule has 0 amide bonds. The first-order valence-corrected chi connectivity index (χ1v) is 11.4. The normalized spacial score (nSPS) is 39.2. The Labute approximate surface area is 194 Å². The molecule has 0 aliphatic carbocycles. The van der Waals surface area contributed by atoms with Gasteiger partial charge in [-0.05, 0) is 4.57 Å². The van der Waals surface area contributed by atoms with Gasteiger partial charge in [0.25, 0.3) is 0 Å². The van der Waals surface area contributed by atoms with Crippen LogP contribution in [0.15, 0.2) is 30.3 Å². The van der Waals surface area contributed by atoms with Crippen molar-refractivity contribution in [1.82, 2.24) is 0 Å². The molecule has 2 aliphatic heterocycles. The predicted molar refractivity (Wildman–Crippen MR) is 110 cm³/mol. The number of hydrogen-bond acceptors (Lipinski definition) is 13. The van der Waals surface area contributed by atoms with Crippen LogP contribution < -0.4 is 0 Å². The van der Waals surface area contributed by atoms with Gasteiger partial charge in [0, 0.05) is 5.56 Å². The van der Waals surface area contributed by atoms with Crippen molar-refractivity contribution in [3.05, 3.63) is 35.9 Å². The summed E-state index contributed by atoms with van der Waals surface area (Å²) in [6, 6.07) is 8.40. The molecular formula is C19H30O14P+. The molecule has 15 heteroatoms. The monoisotopic (exact) mass is 513 g/mol. The zero-order valence-electron chi connectivity index (χ0n) is 17.8. The van der Waals surface area contributed by atoms with Gasteiger partial charge in [0.15, 0.2) is 6.29 Å². The zero-order chi connectivity index (χ0) is 25.6. The number of aliphatic hydroxyl groups is 9. The highest BCUT2D eigenvalue weighted by atomic mass is 31.1. The second-order valence-electron chi connectivity index (χ2n) is 7.65. The first kappa shape index (κ1) is 29.0. The molecule has 0 spiro atoms. The third-order valence-corrected chi connectivity index (χ3v) is 6.09. The fraction of sp³-hybridized carbons (Fsp3) is 0.684. The highest BCUT2D eigenvalue weighted by Gasteiger charge is 2.58. The molecule has 0 radical (unpaired) electrons. The van der Waals surface area contributed by atoms with Gasteiger partial charge in [-0.15, -0.1) is 0 Å². The van der Waals surface area contributed by atoms with Crippen LogP contribution in [0.4, 0.5) is 0 Å². The standard InChI is InChI=1S/C12H22O11.C7H7O3P/c13-1-4-6(16)8(18)9(19)11(21-4)23-12(3-15)10(20)7(17)5(2-14)22-12;8-7(11(9)10)6-4-2-1-3-5-6/h4-11,13-20H,1-3H2;1-5,7-8H/p+1/t4-,5-,6-,7-,8+,9-,10+,11-,12+;/m1./s1. The molecular weight excluding hydrogens is 483 g/mol. The SMILES string of the molecule is O=[P+](O)C(O)c1ccccc1.OC[C@H]1O[C@@](CO)(O[C@H]2O[C@H](CO)[C@@H](O)[C@H](O)[C@H]2O)[C@@H](O)[C@@H]1O. The van der Waals surface area contributed by atoms with Crippen molar-refractivity contribution in [2.45, 2.75) is 60.6 Å². The molecule has 0 bridgehead atoms. The van der Waals surface area contributed by atoms with E-state index >= 15 is 0 Å². The van der Waals surface area contributed by atoms with Crippen LogP contribution >= 0.6 is 8.03 Å². The van der Waals surface area contributed by atoms with Crippen LogP contribution in [0.3, 0.4) is 0 Å². The van der Waals surface area contributed by atoms with E-state index in [0.717, 1.165) is 0 Å². The lowest BCUT2D eigenvalue weighted by Crippen LogP contribution is -2.62. The first-order valence-electron chi connectivity index (χ1n) is 10.1. The summed E-state index contributed by atoms with van der Waals surface area (Å²) in [5, 5.41) is 85.7. The Kier molecular flexibility index (Phi) is 10.8. The lowest BCUT2D eigenvalue weighted by atomic mass is 9.99. The van der Waals surface area contributed by atoms with Gasteiger partial charge in [-0.3, -0.25) is 0 Å². The quantitative estimate of drug-likeness (QED) is 0.156. The number of benzene rings is 1. The van der Waals surface area contributed by atoms with Gasteiger partial charge in [-0.1, -0.05) is 30.3 Å². The molecule has 0 aromatic heterocycles. The summed E-state index contributed by atoms with van der Waals surface area (Å²) in [7, 11) is -2.53. The van der Waals surface area contributed by atoms with E-state index in [0.29, 0.717) is 5.56 Å².